The Bertz CT molecular complexity index is 1030. The summed E-state index contributed by atoms with van der Waals surface area (Å²) in [6.07, 6.45) is -2.96. The number of fused-ring (bicyclic) bond motifs is 1. The smallest absolute Gasteiger partial charge is 0.376 e. The Morgan fingerprint density at radius 3 is 2.71 bits per heavy atom. The fourth-order valence-corrected chi connectivity index (χ4v) is 4.23. The Kier molecular flexibility index (Phi) is 6.02. The molecule has 4 rings (SSSR count). The number of hydrogen-bond acceptors (Lipinski definition) is 4. The highest BCUT2D eigenvalue weighted by Gasteiger charge is 2.42. The first kappa shape index (κ1) is 22.1. The largest absolute Gasteiger partial charge is 0.435 e. The molecule has 166 valence electrons. The number of rotatable bonds is 4. The van der Waals surface area contributed by atoms with E-state index in [-0.39, 0.29) is 22.9 Å². The quantitative estimate of drug-likeness (QED) is 0.690. The summed E-state index contributed by atoms with van der Waals surface area (Å²) in [4.78, 5) is 17.4. The average molecular weight is 475 g/mol. The van der Waals surface area contributed by atoms with E-state index in [0.29, 0.717) is 29.4 Å². The van der Waals surface area contributed by atoms with Crippen LogP contribution in [0.15, 0.2) is 29.3 Å². The number of hydrogen-bond donors (Lipinski definition) is 1. The molecule has 0 saturated carbocycles. The van der Waals surface area contributed by atoms with Crippen molar-refractivity contribution in [2.45, 2.75) is 38.1 Å². The molecule has 2 aliphatic rings. The van der Waals surface area contributed by atoms with Gasteiger partial charge in [-0.05, 0) is 37.5 Å². The van der Waals surface area contributed by atoms with E-state index in [0.717, 1.165) is 23.6 Å². The molecule has 3 unspecified atom stereocenters. The van der Waals surface area contributed by atoms with Crippen molar-refractivity contribution in [1.29, 1.82) is 0 Å². The van der Waals surface area contributed by atoms with Crippen molar-refractivity contribution >= 4 is 40.6 Å². The molecule has 2 aliphatic heterocycles. The summed E-state index contributed by atoms with van der Waals surface area (Å²) >= 11 is 12.2. The average Bonchev–Trinajstić information content (AvgIpc) is 3.36. The number of ether oxygens (including phenoxy) is 1. The van der Waals surface area contributed by atoms with E-state index in [2.05, 4.69) is 15.4 Å². The van der Waals surface area contributed by atoms with Gasteiger partial charge in [0.1, 0.15) is 5.92 Å². The van der Waals surface area contributed by atoms with Crippen molar-refractivity contribution in [2.75, 3.05) is 13.2 Å². The zero-order chi connectivity index (χ0) is 22.3. The van der Waals surface area contributed by atoms with E-state index in [9.17, 15) is 18.0 Å². The van der Waals surface area contributed by atoms with Gasteiger partial charge in [-0.25, -0.2) is 9.67 Å². The summed E-state index contributed by atoms with van der Waals surface area (Å²) in [6.45, 7) is 2.58. The molecule has 1 aromatic heterocycles. The number of amides is 1. The molecule has 1 N–H and O–H groups in total. The van der Waals surface area contributed by atoms with Crippen molar-refractivity contribution < 1.29 is 22.7 Å². The van der Waals surface area contributed by atoms with Crippen LogP contribution in [0.4, 0.5) is 19.0 Å². The normalized spacial score (nSPS) is 23.4. The second-order valence-electron chi connectivity index (χ2n) is 7.56. The van der Waals surface area contributed by atoms with Crippen LogP contribution in [0.25, 0.3) is 0 Å². The maximum absolute atomic E-state index is 13.3. The third-order valence-corrected chi connectivity index (χ3v) is 6.16. The van der Waals surface area contributed by atoms with E-state index in [1.807, 2.05) is 0 Å². The summed E-state index contributed by atoms with van der Waals surface area (Å²) in [5, 5.41) is 7.11. The topological polar surface area (TPSA) is 68.5 Å². The maximum Gasteiger partial charge on any atom is 0.435 e. The molecule has 3 atom stereocenters. The lowest BCUT2D eigenvalue weighted by atomic mass is 9.87. The zero-order valence-corrected chi connectivity index (χ0v) is 17.9. The van der Waals surface area contributed by atoms with Crippen molar-refractivity contribution in [3.05, 3.63) is 45.6 Å². The predicted molar refractivity (Wildman–Crippen MR) is 110 cm³/mol. The van der Waals surface area contributed by atoms with Gasteiger partial charge < -0.3 is 10.1 Å². The van der Waals surface area contributed by atoms with Gasteiger partial charge >= 0.3 is 6.18 Å². The lowest BCUT2D eigenvalue weighted by Gasteiger charge is -2.31. The molecule has 1 fully saturated rings. The Morgan fingerprint density at radius 2 is 2.06 bits per heavy atom. The van der Waals surface area contributed by atoms with Crippen LogP contribution in [0.1, 0.15) is 37.1 Å². The number of nitrogens with one attached hydrogen (secondary N) is 1. The molecule has 0 aliphatic carbocycles. The molecule has 1 amide bonds. The van der Waals surface area contributed by atoms with Crippen LogP contribution in [0, 0.1) is 5.92 Å². The van der Waals surface area contributed by atoms with Crippen LogP contribution in [0.3, 0.4) is 0 Å². The maximum atomic E-state index is 13.3. The van der Waals surface area contributed by atoms with Gasteiger partial charge in [0.2, 0.25) is 5.91 Å². The van der Waals surface area contributed by atoms with Gasteiger partial charge in [0.05, 0.1) is 22.2 Å². The van der Waals surface area contributed by atoms with Crippen LogP contribution in [0.5, 0.6) is 0 Å². The van der Waals surface area contributed by atoms with Gasteiger partial charge in [-0.3, -0.25) is 4.79 Å². The zero-order valence-electron chi connectivity index (χ0n) is 16.4. The van der Waals surface area contributed by atoms with Crippen LogP contribution >= 0.6 is 23.2 Å². The number of nitrogens with zero attached hydrogens (tertiary/aromatic N) is 3. The molecule has 0 bridgehead atoms. The van der Waals surface area contributed by atoms with E-state index < -0.39 is 23.8 Å². The first-order chi connectivity index (χ1) is 14.6. The molecular formula is C20H19Cl2F3N4O2. The Balaban J connectivity index is 1.74. The molecule has 2 aromatic rings. The minimum absolute atomic E-state index is 0.0177. The second-order valence-corrected chi connectivity index (χ2v) is 8.37. The summed E-state index contributed by atoms with van der Waals surface area (Å²) in [6, 6.07) is 4.69. The van der Waals surface area contributed by atoms with E-state index in [1.54, 1.807) is 13.0 Å². The number of carbonyl (C=O) groups excluding carboxylic acids is 1. The predicted octanol–water partition coefficient (Wildman–Crippen LogP) is 4.82. The van der Waals surface area contributed by atoms with Gasteiger partial charge in [-0.15, -0.1) is 0 Å². The van der Waals surface area contributed by atoms with Crippen LogP contribution in [-0.2, 0) is 15.7 Å². The highest BCUT2D eigenvalue weighted by Crippen LogP contribution is 2.41. The summed E-state index contributed by atoms with van der Waals surface area (Å²) in [5.41, 5.74) is -0.203. The van der Waals surface area contributed by atoms with Gasteiger partial charge in [0.25, 0.3) is 0 Å². The SMILES string of the molecule is CC1=Nc2cc(C(F)(F)F)nn2C(c2ccc(Cl)c(Cl)c2)C1C(=O)NCC1CCCO1. The van der Waals surface area contributed by atoms with Crippen molar-refractivity contribution in [3.63, 3.8) is 0 Å². The third-order valence-electron chi connectivity index (χ3n) is 5.42. The van der Waals surface area contributed by atoms with Gasteiger partial charge in [-0.1, -0.05) is 29.3 Å². The summed E-state index contributed by atoms with van der Waals surface area (Å²) in [5.74, 6) is -1.24. The van der Waals surface area contributed by atoms with Crippen LogP contribution in [-0.4, -0.2) is 40.7 Å². The minimum atomic E-state index is -4.65. The van der Waals surface area contributed by atoms with Gasteiger partial charge in [0, 0.05) is 24.9 Å². The van der Waals surface area contributed by atoms with Crippen LogP contribution < -0.4 is 5.32 Å². The molecule has 31 heavy (non-hydrogen) atoms. The van der Waals surface area contributed by atoms with Gasteiger partial charge in [-0.2, -0.15) is 18.3 Å². The Labute approximate surface area is 186 Å². The number of benzene rings is 1. The van der Waals surface area contributed by atoms with Crippen LogP contribution in [0.2, 0.25) is 10.0 Å². The Morgan fingerprint density at radius 1 is 1.29 bits per heavy atom. The second kappa shape index (κ2) is 8.44. The van der Waals surface area contributed by atoms with E-state index in [4.69, 9.17) is 27.9 Å². The number of halogens is 5. The van der Waals surface area contributed by atoms with Gasteiger partial charge in [0.15, 0.2) is 11.5 Å². The first-order valence-corrected chi connectivity index (χ1v) is 10.5. The molecule has 1 saturated heterocycles. The van der Waals surface area contributed by atoms with Crippen molar-refractivity contribution in [1.82, 2.24) is 15.1 Å². The molecule has 6 nitrogen and oxygen atoms in total. The highest BCUT2D eigenvalue weighted by molar-refractivity contribution is 6.42. The lowest BCUT2D eigenvalue weighted by molar-refractivity contribution is -0.141. The first-order valence-electron chi connectivity index (χ1n) is 9.71. The molecular weight excluding hydrogens is 456 g/mol. The number of alkyl halides is 3. The van der Waals surface area contributed by atoms with E-state index in [1.165, 1.54) is 12.1 Å². The number of aromatic nitrogens is 2. The standard InChI is InChI=1S/C20H19Cl2F3N4O2/c1-10-17(19(30)26-9-12-3-2-6-31-12)18(11-4-5-13(21)14(22)7-11)29-16(27-10)8-15(28-29)20(23,24)25/h4-5,7-8,12,17-18H,2-3,6,9H2,1H3,(H,26,30). The molecule has 11 heteroatoms. The number of aliphatic imine (C=N–C) groups is 1. The van der Waals surface area contributed by atoms with E-state index >= 15 is 0 Å². The Hall–Kier alpha value is -2.10. The minimum Gasteiger partial charge on any atom is -0.376 e. The lowest BCUT2D eigenvalue weighted by Crippen LogP contribution is -2.44. The molecule has 0 spiro atoms. The third kappa shape index (κ3) is 4.44. The summed E-state index contributed by atoms with van der Waals surface area (Å²) < 4.78 is 46.6. The molecule has 3 heterocycles. The fraction of sp³-hybridized carbons (Fsp3) is 0.450. The monoisotopic (exact) mass is 474 g/mol. The summed E-state index contributed by atoms with van der Waals surface area (Å²) in [7, 11) is 0. The van der Waals surface area contributed by atoms with Crippen molar-refractivity contribution in [3.8, 4) is 0 Å². The van der Waals surface area contributed by atoms with Crippen molar-refractivity contribution in [2.24, 2.45) is 10.9 Å². The fourth-order valence-electron chi connectivity index (χ4n) is 3.92. The highest BCUT2D eigenvalue weighted by atomic mass is 35.5. The molecule has 0 radical (unpaired) electrons. The number of carbonyl (C=O) groups is 1. The molecule has 1 aromatic carbocycles.